The highest BCUT2D eigenvalue weighted by Crippen LogP contribution is 2.50. The van der Waals surface area contributed by atoms with Gasteiger partial charge in [0.2, 0.25) is 6.79 Å². The summed E-state index contributed by atoms with van der Waals surface area (Å²) in [5.74, 6) is 2.58. The Bertz CT molecular complexity index is 661. The molecule has 1 aliphatic heterocycles. The lowest BCUT2D eigenvalue weighted by Gasteiger charge is -2.19. The van der Waals surface area contributed by atoms with Gasteiger partial charge in [0.1, 0.15) is 0 Å². The summed E-state index contributed by atoms with van der Waals surface area (Å²) in [6.07, 6.45) is 3.38. The van der Waals surface area contributed by atoms with E-state index in [-0.39, 0.29) is 5.41 Å². The Hall–Kier alpha value is -1.99. The van der Waals surface area contributed by atoms with E-state index < -0.39 is 0 Å². The van der Waals surface area contributed by atoms with E-state index in [2.05, 4.69) is 41.6 Å². The summed E-state index contributed by atoms with van der Waals surface area (Å²) in [7, 11) is 3.89. The van der Waals surface area contributed by atoms with E-state index in [0.717, 1.165) is 76.1 Å². The highest BCUT2D eigenvalue weighted by atomic mass is 16.7. The van der Waals surface area contributed by atoms with Crippen LogP contribution >= 0.6 is 0 Å². The zero-order chi connectivity index (χ0) is 19.8. The number of aliphatic imine (C=N–C) groups is 1. The van der Waals surface area contributed by atoms with Crippen molar-refractivity contribution < 1.29 is 14.2 Å². The Balaban J connectivity index is 1.51. The first kappa shape index (κ1) is 20.7. The largest absolute Gasteiger partial charge is 0.454 e. The molecule has 1 aliphatic carbocycles. The molecule has 1 fully saturated rings. The molecule has 0 saturated heterocycles. The summed E-state index contributed by atoms with van der Waals surface area (Å²) < 4.78 is 16.1. The van der Waals surface area contributed by atoms with Gasteiger partial charge in [-0.1, -0.05) is 6.07 Å². The normalized spacial score (nSPS) is 17.1. The molecule has 156 valence electrons. The van der Waals surface area contributed by atoms with Gasteiger partial charge in [0, 0.05) is 45.3 Å². The van der Waals surface area contributed by atoms with Gasteiger partial charge in [-0.2, -0.15) is 0 Å². The lowest BCUT2D eigenvalue weighted by molar-refractivity contribution is 0.174. The Kier molecular flexibility index (Phi) is 7.39. The fourth-order valence-corrected chi connectivity index (χ4v) is 3.44. The van der Waals surface area contributed by atoms with Gasteiger partial charge in [-0.25, -0.2) is 0 Å². The number of rotatable bonds is 11. The number of ether oxygens (including phenoxy) is 3. The van der Waals surface area contributed by atoms with Crippen molar-refractivity contribution in [3.05, 3.63) is 23.8 Å². The fraction of sp³-hybridized carbons (Fsp3) is 0.667. The highest BCUT2D eigenvalue weighted by molar-refractivity contribution is 5.79. The van der Waals surface area contributed by atoms with Crippen molar-refractivity contribution in [3.8, 4) is 11.5 Å². The predicted molar refractivity (Wildman–Crippen MR) is 111 cm³/mol. The molecule has 0 unspecified atom stereocenters. The van der Waals surface area contributed by atoms with E-state index in [9.17, 15) is 0 Å². The molecular formula is C21H34N4O3. The van der Waals surface area contributed by atoms with E-state index in [0.29, 0.717) is 6.79 Å². The number of likely N-dealkylation sites (N-methyl/N-ethyl adjacent to an activating group) is 1. The molecule has 0 atom stereocenters. The van der Waals surface area contributed by atoms with Gasteiger partial charge in [0.05, 0.1) is 6.54 Å². The number of benzene rings is 1. The minimum Gasteiger partial charge on any atom is -0.454 e. The molecule has 3 rings (SSSR count). The first-order valence-corrected chi connectivity index (χ1v) is 10.3. The quantitative estimate of drug-likeness (QED) is 0.342. The molecule has 1 aromatic carbocycles. The van der Waals surface area contributed by atoms with Crippen molar-refractivity contribution in [2.24, 2.45) is 4.99 Å². The van der Waals surface area contributed by atoms with Gasteiger partial charge >= 0.3 is 0 Å². The van der Waals surface area contributed by atoms with E-state index in [1.165, 1.54) is 5.56 Å². The van der Waals surface area contributed by atoms with Gasteiger partial charge in [-0.05, 0) is 50.9 Å². The molecule has 0 spiro atoms. The number of hydrogen-bond acceptors (Lipinski definition) is 5. The molecule has 28 heavy (non-hydrogen) atoms. The molecule has 1 heterocycles. The third kappa shape index (κ3) is 5.52. The Morgan fingerprint density at radius 1 is 1.21 bits per heavy atom. The lowest BCUT2D eigenvalue weighted by atomic mass is 9.96. The monoisotopic (exact) mass is 390 g/mol. The first-order chi connectivity index (χ1) is 13.7. The van der Waals surface area contributed by atoms with Crippen molar-refractivity contribution in [1.29, 1.82) is 0 Å². The van der Waals surface area contributed by atoms with Crippen molar-refractivity contribution >= 4 is 5.96 Å². The highest BCUT2D eigenvalue weighted by Gasteiger charge is 2.44. The van der Waals surface area contributed by atoms with Crippen LogP contribution in [0.25, 0.3) is 0 Å². The van der Waals surface area contributed by atoms with Crippen LogP contribution in [0.5, 0.6) is 11.5 Å². The summed E-state index contributed by atoms with van der Waals surface area (Å²) in [4.78, 5) is 7.18. The molecule has 1 aromatic rings. The van der Waals surface area contributed by atoms with Crippen molar-refractivity contribution in [1.82, 2.24) is 15.5 Å². The van der Waals surface area contributed by atoms with E-state index >= 15 is 0 Å². The topological polar surface area (TPSA) is 67.4 Å². The van der Waals surface area contributed by atoms with Gasteiger partial charge in [0.15, 0.2) is 17.5 Å². The molecule has 0 radical (unpaired) electrons. The zero-order valence-electron chi connectivity index (χ0n) is 17.4. The second-order valence-corrected chi connectivity index (χ2v) is 7.62. The second kappa shape index (κ2) is 9.98. The summed E-state index contributed by atoms with van der Waals surface area (Å²) in [5.41, 5.74) is 1.44. The van der Waals surface area contributed by atoms with Crippen LogP contribution in [0.1, 0.15) is 31.7 Å². The summed E-state index contributed by atoms with van der Waals surface area (Å²) >= 11 is 0. The number of methoxy groups -OCH3 is 1. The number of fused-ring (bicyclic) bond motifs is 1. The molecular weight excluding hydrogens is 356 g/mol. The number of nitrogens with one attached hydrogen (secondary N) is 2. The molecule has 7 nitrogen and oxygen atoms in total. The van der Waals surface area contributed by atoms with Crippen LogP contribution < -0.4 is 20.1 Å². The Labute approximate surface area is 168 Å². The van der Waals surface area contributed by atoms with E-state index in [4.69, 9.17) is 19.2 Å². The van der Waals surface area contributed by atoms with Crippen molar-refractivity contribution in [2.45, 2.75) is 31.6 Å². The number of guanidine groups is 1. The average molecular weight is 391 g/mol. The SMILES string of the molecule is CCNC(=NCC1(c2ccc3c(c2)OCO3)CC1)NCCN(C)CCCOC. The van der Waals surface area contributed by atoms with Crippen LogP contribution in [0.4, 0.5) is 0 Å². The standard InChI is InChI=1S/C21H34N4O3/c1-4-22-20(23-10-12-25(2)11-5-13-26-3)24-15-21(8-9-21)17-6-7-18-19(14-17)28-16-27-18/h6-7,14H,4-5,8-13,15-16H2,1-3H3,(H2,22,23,24). The smallest absolute Gasteiger partial charge is 0.231 e. The first-order valence-electron chi connectivity index (χ1n) is 10.3. The van der Waals surface area contributed by atoms with Crippen LogP contribution in [0.3, 0.4) is 0 Å². The van der Waals surface area contributed by atoms with Crippen molar-refractivity contribution in [3.63, 3.8) is 0 Å². The second-order valence-electron chi connectivity index (χ2n) is 7.62. The van der Waals surface area contributed by atoms with Crippen LogP contribution in [0, 0.1) is 0 Å². The summed E-state index contributed by atoms with van der Waals surface area (Å²) in [6.45, 7) is 7.74. The van der Waals surface area contributed by atoms with Gasteiger partial charge < -0.3 is 29.7 Å². The molecule has 0 amide bonds. The van der Waals surface area contributed by atoms with Gasteiger partial charge in [0.25, 0.3) is 0 Å². The van der Waals surface area contributed by atoms with Crippen LogP contribution in [0.2, 0.25) is 0 Å². The minimum absolute atomic E-state index is 0.139. The lowest BCUT2D eigenvalue weighted by Crippen LogP contribution is -2.41. The molecule has 1 saturated carbocycles. The van der Waals surface area contributed by atoms with Crippen LogP contribution in [-0.4, -0.2) is 71.1 Å². The third-order valence-electron chi connectivity index (χ3n) is 5.40. The van der Waals surface area contributed by atoms with E-state index in [1.54, 1.807) is 7.11 Å². The predicted octanol–water partition coefficient (Wildman–Crippen LogP) is 1.97. The molecule has 0 bridgehead atoms. The van der Waals surface area contributed by atoms with Crippen LogP contribution in [-0.2, 0) is 10.2 Å². The van der Waals surface area contributed by atoms with Crippen molar-refractivity contribution in [2.75, 3.05) is 60.3 Å². The number of nitrogens with zero attached hydrogens (tertiary/aromatic N) is 2. The Morgan fingerprint density at radius 3 is 2.79 bits per heavy atom. The maximum Gasteiger partial charge on any atom is 0.231 e. The maximum atomic E-state index is 5.54. The maximum absolute atomic E-state index is 5.54. The van der Waals surface area contributed by atoms with Gasteiger partial charge in [-0.3, -0.25) is 4.99 Å². The van der Waals surface area contributed by atoms with E-state index in [1.807, 2.05) is 6.07 Å². The fourth-order valence-electron chi connectivity index (χ4n) is 3.44. The molecule has 2 aliphatic rings. The van der Waals surface area contributed by atoms with Gasteiger partial charge in [-0.15, -0.1) is 0 Å². The summed E-state index contributed by atoms with van der Waals surface area (Å²) in [5, 5.41) is 6.81. The zero-order valence-corrected chi connectivity index (χ0v) is 17.4. The Morgan fingerprint density at radius 2 is 2.04 bits per heavy atom. The molecule has 2 N–H and O–H groups in total. The third-order valence-corrected chi connectivity index (χ3v) is 5.40. The molecule has 0 aromatic heterocycles. The molecule has 7 heteroatoms. The average Bonchev–Trinajstić information content (AvgIpc) is 3.34. The summed E-state index contributed by atoms with van der Waals surface area (Å²) in [6, 6.07) is 6.30. The number of hydrogen-bond donors (Lipinski definition) is 2. The minimum atomic E-state index is 0.139. The van der Waals surface area contributed by atoms with Crippen LogP contribution in [0.15, 0.2) is 23.2 Å².